The highest BCUT2D eigenvalue weighted by Crippen LogP contribution is 1.81. The number of hydrogen-bond donors (Lipinski definition) is 5. The quantitative estimate of drug-likeness (QED) is 0.505. The molecule has 0 aliphatic rings. The van der Waals surface area contributed by atoms with Crippen molar-refractivity contribution in [3.63, 3.8) is 0 Å². The van der Waals surface area contributed by atoms with E-state index in [1.54, 1.807) is 37.4 Å². The molecule has 10 nitrogen and oxygen atoms in total. The van der Waals surface area contributed by atoms with Crippen LogP contribution in [0.25, 0.3) is 0 Å². The normalized spacial score (nSPS) is 7.48. The van der Waals surface area contributed by atoms with Gasteiger partial charge in [-0.2, -0.15) is 0 Å². The molecule has 10 heteroatoms. The number of hydrogen-bond acceptors (Lipinski definition) is 5. The summed E-state index contributed by atoms with van der Waals surface area (Å²) in [4.78, 5) is 41.3. The third-order valence-corrected chi connectivity index (χ3v) is 1.72. The third kappa shape index (κ3) is 34.4. The lowest BCUT2D eigenvalue weighted by Crippen LogP contribution is -1.92. The molecule has 0 saturated heterocycles. The van der Waals surface area contributed by atoms with Crippen LogP contribution in [-0.4, -0.2) is 53.2 Å². The maximum atomic E-state index is 9.60. The lowest BCUT2D eigenvalue weighted by molar-refractivity contribution is -0.133. The second kappa shape index (κ2) is 20.1. The SMILES string of the molecule is C=C(C)C(=O)O.C=C(C)C(=O)O.C=CC(=O)O.c1c[nH]cn1.c1c[nH]cn1. The number of nitrogens with zero attached hydrogens (tertiary/aromatic N) is 2. The first-order chi connectivity index (χ1) is 12.6. The van der Waals surface area contributed by atoms with Gasteiger partial charge in [-0.1, -0.05) is 19.7 Å². The lowest BCUT2D eigenvalue weighted by Gasteiger charge is -1.79. The number of carbonyl (C=O) groups is 3. The summed E-state index contributed by atoms with van der Waals surface area (Å²) in [6.07, 6.45) is 11.0. The fourth-order valence-corrected chi connectivity index (χ4v) is 0.430. The van der Waals surface area contributed by atoms with Crippen LogP contribution in [0.1, 0.15) is 13.8 Å². The van der Waals surface area contributed by atoms with E-state index in [1.807, 2.05) is 0 Å². The minimum Gasteiger partial charge on any atom is -0.478 e. The van der Waals surface area contributed by atoms with Crippen molar-refractivity contribution in [2.24, 2.45) is 0 Å². The van der Waals surface area contributed by atoms with Crippen LogP contribution in [0.5, 0.6) is 0 Å². The van der Waals surface area contributed by atoms with Crippen LogP contribution >= 0.6 is 0 Å². The molecular weight excluding hydrogens is 356 g/mol. The maximum absolute atomic E-state index is 9.60. The first-order valence-corrected chi connectivity index (χ1v) is 7.04. The Balaban J connectivity index is -0.000000267. The lowest BCUT2D eigenvalue weighted by atomic mass is 10.4. The van der Waals surface area contributed by atoms with Gasteiger partial charge in [0.15, 0.2) is 0 Å². The summed E-state index contributed by atoms with van der Waals surface area (Å²) in [7, 11) is 0. The highest BCUT2D eigenvalue weighted by Gasteiger charge is 1.90. The molecule has 0 aliphatic carbocycles. The van der Waals surface area contributed by atoms with E-state index in [0.29, 0.717) is 0 Å². The van der Waals surface area contributed by atoms with Crippen molar-refractivity contribution in [1.29, 1.82) is 0 Å². The molecule has 0 unspecified atom stereocenters. The van der Waals surface area contributed by atoms with Gasteiger partial charge < -0.3 is 25.3 Å². The number of H-pyrrole nitrogens is 2. The van der Waals surface area contributed by atoms with E-state index < -0.39 is 17.9 Å². The zero-order chi connectivity index (χ0) is 21.7. The van der Waals surface area contributed by atoms with Gasteiger partial charge in [-0.3, -0.25) is 0 Å². The molecule has 148 valence electrons. The van der Waals surface area contributed by atoms with Crippen LogP contribution in [-0.2, 0) is 14.4 Å². The van der Waals surface area contributed by atoms with Gasteiger partial charge in [0.1, 0.15) is 0 Å². The fraction of sp³-hybridized carbons (Fsp3) is 0.118. The summed E-state index contributed by atoms with van der Waals surface area (Å²) >= 11 is 0. The van der Waals surface area contributed by atoms with Crippen molar-refractivity contribution in [2.45, 2.75) is 13.8 Å². The predicted molar refractivity (Wildman–Crippen MR) is 99.9 cm³/mol. The van der Waals surface area contributed by atoms with Crippen LogP contribution < -0.4 is 0 Å². The summed E-state index contributed by atoms with van der Waals surface area (Å²) in [5, 5.41) is 23.4. The highest BCUT2D eigenvalue weighted by atomic mass is 16.4. The topological polar surface area (TPSA) is 169 Å². The Morgan fingerprint density at radius 2 is 1.11 bits per heavy atom. The molecule has 2 aromatic heterocycles. The molecule has 0 fully saturated rings. The number of aliphatic carboxylic acids is 3. The summed E-state index contributed by atoms with van der Waals surface area (Å²) in [5.74, 6) is -2.85. The summed E-state index contributed by atoms with van der Waals surface area (Å²) in [5.41, 5.74) is 0.352. The summed E-state index contributed by atoms with van der Waals surface area (Å²) in [6, 6.07) is 0. The van der Waals surface area contributed by atoms with Gasteiger partial charge in [0.2, 0.25) is 0 Å². The molecule has 0 aliphatic heterocycles. The van der Waals surface area contributed by atoms with Gasteiger partial charge >= 0.3 is 17.9 Å². The van der Waals surface area contributed by atoms with Gasteiger partial charge in [-0.15, -0.1) is 0 Å². The van der Waals surface area contributed by atoms with Crippen molar-refractivity contribution in [1.82, 2.24) is 19.9 Å². The van der Waals surface area contributed by atoms with E-state index in [-0.39, 0.29) is 11.1 Å². The van der Waals surface area contributed by atoms with Gasteiger partial charge in [-0.25, -0.2) is 24.4 Å². The molecule has 0 aromatic carbocycles. The van der Waals surface area contributed by atoms with Crippen LogP contribution in [0.2, 0.25) is 0 Å². The number of aromatic nitrogens is 4. The Kier molecular flexibility index (Phi) is 20.7. The van der Waals surface area contributed by atoms with E-state index in [9.17, 15) is 14.4 Å². The number of carboxylic acid groups (broad SMARTS) is 3. The zero-order valence-corrected chi connectivity index (χ0v) is 15.1. The molecule has 2 aromatic rings. The molecule has 0 bridgehead atoms. The Morgan fingerprint density at radius 1 is 0.852 bits per heavy atom. The highest BCUT2D eigenvalue weighted by molar-refractivity contribution is 5.85. The third-order valence-electron chi connectivity index (χ3n) is 1.72. The molecule has 2 heterocycles. The summed E-state index contributed by atoms with van der Waals surface area (Å²) in [6.45, 7) is 12.2. The average molecular weight is 380 g/mol. The molecule has 2 rings (SSSR count). The van der Waals surface area contributed by atoms with Gasteiger partial charge in [0.25, 0.3) is 0 Å². The van der Waals surface area contributed by atoms with Crippen molar-refractivity contribution >= 4 is 17.9 Å². The largest absolute Gasteiger partial charge is 0.478 e. The van der Waals surface area contributed by atoms with Gasteiger partial charge in [0, 0.05) is 42.0 Å². The number of aromatic amines is 2. The fourth-order valence-electron chi connectivity index (χ4n) is 0.430. The van der Waals surface area contributed by atoms with Gasteiger partial charge in [0.05, 0.1) is 12.7 Å². The van der Waals surface area contributed by atoms with Crippen molar-refractivity contribution in [3.05, 3.63) is 74.4 Å². The Bertz CT molecular complexity index is 555. The molecule has 0 atom stereocenters. The minimum atomic E-state index is -0.981. The molecule has 5 N–H and O–H groups in total. The molecular formula is C17H24N4O6. The van der Waals surface area contributed by atoms with Crippen molar-refractivity contribution < 1.29 is 29.7 Å². The second-order valence-electron chi connectivity index (χ2n) is 4.23. The number of carboxylic acids is 3. The van der Waals surface area contributed by atoms with E-state index in [2.05, 4.69) is 39.7 Å². The number of imidazole rings is 2. The smallest absolute Gasteiger partial charge is 0.330 e. The molecule has 27 heavy (non-hydrogen) atoms. The maximum Gasteiger partial charge on any atom is 0.330 e. The molecule has 0 spiro atoms. The Labute approximate surface area is 156 Å². The Hall–Kier alpha value is -3.95. The van der Waals surface area contributed by atoms with Crippen molar-refractivity contribution in [2.75, 3.05) is 0 Å². The van der Waals surface area contributed by atoms with Gasteiger partial charge in [-0.05, 0) is 13.8 Å². The van der Waals surface area contributed by atoms with Crippen LogP contribution in [0.3, 0.4) is 0 Å². The van der Waals surface area contributed by atoms with Crippen molar-refractivity contribution in [3.8, 4) is 0 Å². The zero-order valence-electron chi connectivity index (χ0n) is 15.1. The minimum absolute atomic E-state index is 0.176. The molecule has 0 radical (unpaired) electrons. The predicted octanol–water partition coefficient (Wildman–Crippen LogP) is 2.37. The first-order valence-electron chi connectivity index (χ1n) is 7.04. The van der Waals surface area contributed by atoms with Crippen LogP contribution in [0.4, 0.5) is 0 Å². The Morgan fingerprint density at radius 3 is 1.15 bits per heavy atom. The van der Waals surface area contributed by atoms with E-state index >= 15 is 0 Å². The monoisotopic (exact) mass is 380 g/mol. The summed E-state index contributed by atoms with van der Waals surface area (Å²) < 4.78 is 0. The number of nitrogens with one attached hydrogen (secondary N) is 2. The average Bonchev–Trinajstić information content (AvgIpc) is 3.33. The van der Waals surface area contributed by atoms with E-state index in [4.69, 9.17) is 15.3 Å². The molecule has 0 saturated carbocycles. The number of rotatable bonds is 3. The van der Waals surface area contributed by atoms with E-state index in [1.165, 1.54) is 13.8 Å². The van der Waals surface area contributed by atoms with Crippen LogP contribution in [0.15, 0.2) is 74.4 Å². The van der Waals surface area contributed by atoms with E-state index in [0.717, 1.165) is 6.08 Å². The second-order valence-corrected chi connectivity index (χ2v) is 4.23. The molecule has 0 amide bonds. The first kappa shape index (κ1) is 27.9. The van der Waals surface area contributed by atoms with Crippen LogP contribution in [0, 0.1) is 0 Å². The standard InChI is InChI=1S/2C4H6O2.2C3H4N2.C3H4O2/c2*1-3(2)4(5)6;2*1-2-5-3-4-1;1-2-3(4)5/h2*1H2,2H3,(H,5,6);2*1-3H,(H,4,5);2H,1H2,(H,4,5).